The minimum Gasteiger partial charge on any atom is -0.502 e. The first-order chi connectivity index (χ1) is 14.2. The molecule has 1 heterocycles. The van der Waals surface area contributed by atoms with Crippen molar-refractivity contribution in [1.82, 2.24) is 4.90 Å². The molecule has 0 unspecified atom stereocenters. The van der Waals surface area contributed by atoms with Crippen molar-refractivity contribution in [2.45, 2.75) is 0 Å². The van der Waals surface area contributed by atoms with E-state index in [0.717, 1.165) is 29.2 Å². The number of carbonyl (C=O) groups is 3. The van der Waals surface area contributed by atoms with E-state index in [1.807, 2.05) is 0 Å². The number of hydrogen-bond donors (Lipinski definition) is 1. The summed E-state index contributed by atoms with van der Waals surface area (Å²) in [5.41, 5.74) is -0.454. The third-order valence-electron chi connectivity index (χ3n) is 4.07. The topological polar surface area (TPSA) is 161 Å². The van der Waals surface area contributed by atoms with Crippen LogP contribution in [-0.2, 0) is 4.79 Å². The summed E-state index contributed by atoms with van der Waals surface area (Å²) in [5.74, 6) is -1.89. The Morgan fingerprint density at radius 2 is 1.73 bits per heavy atom. The Bertz CT molecular complexity index is 1130. The maximum Gasteiger partial charge on any atom is 0.311 e. The Morgan fingerprint density at radius 3 is 2.33 bits per heavy atom. The molecule has 0 aromatic heterocycles. The molecule has 0 spiro atoms. The van der Waals surface area contributed by atoms with Gasteiger partial charge in [0.15, 0.2) is 11.5 Å². The van der Waals surface area contributed by atoms with Gasteiger partial charge in [-0.25, -0.2) is 0 Å². The van der Waals surface area contributed by atoms with Crippen LogP contribution in [0.15, 0.2) is 47.4 Å². The number of non-ortho nitro benzene ring substituents is 1. The molecule has 11 nitrogen and oxygen atoms in total. The third-order valence-corrected chi connectivity index (χ3v) is 4.98. The molecule has 30 heavy (non-hydrogen) atoms. The number of Topliss-reactive ketones (excluding diaryl/α,β-unsaturated/α-hetero) is 1. The lowest BCUT2D eigenvalue weighted by molar-refractivity contribution is -0.385. The van der Waals surface area contributed by atoms with E-state index in [9.17, 15) is 39.7 Å². The van der Waals surface area contributed by atoms with Gasteiger partial charge >= 0.3 is 5.69 Å². The SMILES string of the molecule is O=C(CN1C(=O)S/C(=C/c2ccc(O)c([N+](=O)[O-])c2)C1=O)c1ccc([N+](=O)[O-])cc1. The van der Waals surface area contributed by atoms with Crippen molar-refractivity contribution >= 4 is 46.1 Å². The monoisotopic (exact) mass is 429 g/mol. The van der Waals surface area contributed by atoms with Gasteiger partial charge in [0.25, 0.3) is 16.8 Å². The highest BCUT2D eigenvalue weighted by molar-refractivity contribution is 8.18. The third kappa shape index (κ3) is 4.17. The van der Waals surface area contributed by atoms with Gasteiger partial charge in [-0.1, -0.05) is 6.07 Å². The Morgan fingerprint density at radius 1 is 1.07 bits per heavy atom. The summed E-state index contributed by atoms with van der Waals surface area (Å²) in [6.07, 6.45) is 1.24. The number of hydrogen-bond acceptors (Lipinski definition) is 9. The lowest BCUT2D eigenvalue weighted by Crippen LogP contribution is -2.33. The van der Waals surface area contributed by atoms with Crippen LogP contribution in [-0.4, -0.2) is 43.3 Å². The second-order valence-electron chi connectivity index (χ2n) is 6.00. The van der Waals surface area contributed by atoms with Crippen LogP contribution in [0.2, 0.25) is 0 Å². The molecule has 1 saturated heterocycles. The predicted molar refractivity (Wildman–Crippen MR) is 105 cm³/mol. The first kappa shape index (κ1) is 20.7. The van der Waals surface area contributed by atoms with Crippen LogP contribution in [0.1, 0.15) is 15.9 Å². The maximum atomic E-state index is 12.5. The number of rotatable bonds is 6. The first-order valence-electron chi connectivity index (χ1n) is 8.18. The number of thioether (sulfide) groups is 1. The van der Waals surface area contributed by atoms with Gasteiger partial charge in [0.2, 0.25) is 0 Å². The molecule has 1 fully saturated rings. The molecular formula is C18H11N3O8S. The summed E-state index contributed by atoms with van der Waals surface area (Å²) < 4.78 is 0. The van der Waals surface area contributed by atoms with Crippen molar-refractivity contribution in [1.29, 1.82) is 0 Å². The van der Waals surface area contributed by atoms with E-state index in [1.165, 1.54) is 24.3 Å². The molecule has 2 aromatic rings. The van der Waals surface area contributed by atoms with E-state index in [2.05, 4.69) is 0 Å². The molecule has 12 heteroatoms. The van der Waals surface area contributed by atoms with Crippen molar-refractivity contribution < 1.29 is 29.3 Å². The van der Waals surface area contributed by atoms with E-state index in [1.54, 1.807) is 0 Å². The number of phenols is 1. The molecule has 2 aromatic carbocycles. The molecule has 0 aliphatic carbocycles. The second kappa shape index (κ2) is 8.13. The maximum absolute atomic E-state index is 12.5. The molecule has 152 valence electrons. The highest BCUT2D eigenvalue weighted by Crippen LogP contribution is 2.34. The molecule has 1 aliphatic heterocycles. The van der Waals surface area contributed by atoms with Crippen molar-refractivity contribution in [3.8, 4) is 5.75 Å². The number of amides is 2. The number of nitro benzene ring substituents is 2. The fourth-order valence-corrected chi connectivity index (χ4v) is 3.41. The number of ketones is 1. The van der Waals surface area contributed by atoms with Crippen LogP contribution >= 0.6 is 11.8 Å². The number of nitro groups is 2. The summed E-state index contributed by atoms with van der Waals surface area (Å²) in [6, 6.07) is 8.20. The van der Waals surface area contributed by atoms with Gasteiger partial charge in [-0.2, -0.15) is 0 Å². The van der Waals surface area contributed by atoms with Crippen molar-refractivity contribution in [2.24, 2.45) is 0 Å². The van der Waals surface area contributed by atoms with Gasteiger partial charge in [-0.05, 0) is 41.6 Å². The van der Waals surface area contributed by atoms with Gasteiger partial charge in [-0.3, -0.25) is 39.5 Å². The molecule has 1 aliphatic rings. The molecule has 3 rings (SSSR count). The van der Waals surface area contributed by atoms with Crippen molar-refractivity contribution in [3.63, 3.8) is 0 Å². The number of phenolic OH excluding ortho intramolecular Hbond substituents is 1. The highest BCUT2D eigenvalue weighted by atomic mass is 32.2. The van der Waals surface area contributed by atoms with Crippen LogP contribution in [0.4, 0.5) is 16.2 Å². The van der Waals surface area contributed by atoms with E-state index in [0.29, 0.717) is 11.8 Å². The Balaban J connectivity index is 1.78. The molecular weight excluding hydrogens is 418 g/mol. The smallest absolute Gasteiger partial charge is 0.311 e. The van der Waals surface area contributed by atoms with Crippen molar-refractivity contribution in [2.75, 3.05) is 6.54 Å². The quantitative estimate of drug-likeness (QED) is 0.315. The number of carbonyl (C=O) groups excluding carboxylic acids is 3. The fourth-order valence-electron chi connectivity index (χ4n) is 2.57. The van der Waals surface area contributed by atoms with Crippen LogP contribution in [0.5, 0.6) is 5.75 Å². The van der Waals surface area contributed by atoms with Gasteiger partial charge < -0.3 is 5.11 Å². The lowest BCUT2D eigenvalue weighted by atomic mass is 10.1. The molecule has 1 N–H and O–H groups in total. The lowest BCUT2D eigenvalue weighted by Gasteiger charge is -2.11. The molecule has 0 radical (unpaired) electrons. The zero-order valence-corrected chi connectivity index (χ0v) is 15.7. The van der Waals surface area contributed by atoms with Crippen LogP contribution in [0.25, 0.3) is 6.08 Å². The summed E-state index contributed by atoms with van der Waals surface area (Å²) in [4.78, 5) is 57.9. The van der Waals surface area contributed by atoms with Crippen molar-refractivity contribution in [3.05, 3.63) is 78.7 Å². The van der Waals surface area contributed by atoms with Gasteiger partial charge in [0.1, 0.15) is 0 Å². The molecule has 2 amide bonds. The number of nitrogens with zero attached hydrogens (tertiary/aromatic N) is 3. The van der Waals surface area contributed by atoms with Gasteiger partial charge in [0, 0.05) is 23.8 Å². The normalized spacial score (nSPS) is 14.9. The predicted octanol–water partition coefficient (Wildman–Crippen LogP) is 3.13. The van der Waals surface area contributed by atoms with Gasteiger partial charge in [0.05, 0.1) is 21.3 Å². The standard InChI is InChI=1S/C18H11N3O8S/c22-14-6-1-10(7-13(14)21(28)29)8-16-17(24)19(18(25)30-16)9-15(23)11-2-4-12(5-3-11)20(26)27/h1-8,22H,9H2/b16-8+. The van der Waals surface area contributed by atoms with Crippen LogP contribution in [0, 0.1) is 20.2 Å². The Hall–Kier alpha value is -4.06. The van der Waals surface area contributed by atoms with E-state index in [-0.39, 0.29) is 21.7 Å². The molecule has 0 saturated carbocycles. The summed E-state index contributed by atoms with van der Waals surface area (Å²) in [7, 11) is 0. The van der Waals surface area contributed by atoms with E-state index in [4.69, 9.17) is 0 Å². The average Bonchev–Trinajstić information content (AvgIpc) is 2.96. The fraction of sp³-hybridized carbons (Fsp3) is 0.0556. The summed E-state index contributed by atoms with van der Waals surface area (Å²) in [5, 5.41) is 30.4. The van der Waals surface area contributed by atoms with E-state index >= 15 is 0 Å². The summed E-state index contributed by atoms with van der Waals surface area (Å²) >= 11 is 0.563. The minimum atomic E-state index is -0.790. The molecule has 0 bridgehead atoms. The van der Waals surface area contributed by atoms with E-state index < -0.39 is 44.8 Å². The van der Waals surface area contributed by atoms with Gasteiger partial charge in [-0.15, -0.1) is 0 Å². The largest absolute Gasteiger partial charge is 0.502 e. The first-order valence-corrected chi connectivity index (χ1v) is 8.99. The van der Waals surface area contributed by atoms with Crippen LogP contribution < -0.4 is 0 Å². The number of benzene rings is 2. The van der Waals surface area contributed by atoms with Crippen LogP contribution in [0.3, 0.4) is 0 Å². The summed E-state index contributed by atoms with van der Waals surface area (Å²) in [6.45, 7) is -0.560. The zero-order valence-electron chi connectivity index (χ0n) is 14.9. The Labute approximate surface area is 171 Å². The molecule has 0 atom stereocenters. The number of aromatic hydroxyl groups is 1. The average molecular weight is 429 g/mol. The Kier molecular flexibility index (Phi) is 5.60. The zero-order chi connectivity index (χ0) is 22.0. The highest BCUT2D eigenvalue weighted by Gasteiger charge is 2.36. The minimum absolute atomic E-state index is 0.0449. The number of imide groups is 1. The second-order valence-corrected chi connectivity index (χ2v) is 6.99.